The Morgan fingerprint density at radius 2 is 0.347 bits per heavy atom. The molecule has 33 rings (SSSR count). The van der Waals surface area contributed by atoms with Crippen LogP contribution in [-0.2, 0) is 119 Å². The number of hydrogen-bond donors (Lipinski definition) is 21. The van der Waals surface area contributed by atoms with Crippen LogP contribution < -0.4 is 0 Å². The Morgan fingerprint density at radius 1 is 0.218 bits per heavy atom. The molecular weight excluding hydrogens is 1730 g/mol. The number of aryl methyl sites for hydroxylation is 9. The summed E-state index contributed by atoms with van der Waals surface area (Å²) in [5.74, 6) is 0. The van der Waals surface area contributed by atoms with Crippen LogP contribution in [0.1, 0.15) is 50.1 Å². The highest BCUT2D eigenvalue weighted by Crippen LogP contribution is 2.42. The molecule has 30 fully saturated rings. The molecule has 30 aliphatic heterocycles. The minimum atomic E-state index is -4.94. The van der Waals surface area contributed by atoms with Crippen molar-refractivity contribution in [3.05, 3.63) is 86.5 Å². The molecule has 30 aliphatic rings. The molecule has 16 bridgehead atoms. The van der Waals surface area contributed by atoms with Crippen LogP contribution >= 0.6 is 0 Å². The van der Waals surface area contributed by atoms with E-state index < -0.39 is 329 Å². The predicted molar refractivity (Wildman–Crippen MR) is 401 cm³/mol. The van der Waals surface area contributed by atoms with E-state index in [-0.39, 0.29) is 48.1 Å². The van der Waals surface area contributed by atoms with E-state index in [1.54, 1.807) is 20.8 Å². The third-order valence-electron chi connectivity index (χ3n) is 23.1. The lowest BCUT2D eigenvalue weighted by Gasteiger charge is -2.50. The molecule has 0 saturated carbocycles. The summed E-state index contributed by atoms with van der Waals surface area (Å²) in [6.45, 7) is 3.98. The van der Waals surface area contributed by atoms with Crippen molar-refractivity contribution in [2.75, 3.05) is 52.9 Å². The lowest BCUT2D eigenvalue weighted by atomic mass is 9.94. The molecular formula is C75H110O46S3. The van der Waals surface area contributed by atoms with Crippen molar-refractivity contribution in [1.82, 2.24) is 0 Å². The van der Waals surface area contributed by atoms with E-state index >= 15 is 0 Å². The van der Waals surface area contributed by atoms with Crippen LogP contribution in [0.15, 0.2) is 51.1 Å². The smallest absolute Gasteiger partial charge is 0.297 e. The van der Waals surface area contributed by atoms with Crippen molar-refractivity contribution < 1.29 is 221 Å². The van der Waals surface area contributed by atoms with Gasteiger partial charge >= 0.3 is 0 Å². The molecule has 0 aromatic heterocycles. The maximum atomic E-state index is 14.3. The Labute approximate surface area is 710 Å². The summed E-state index contributed by atoms with van der Waals surface area (Å²) in [6, 6.07) is 9.06. The van der Waals surface area contributed by atoms with Gasteiger partial charge in [-0.2, -0.15) is 25.3 Å². The Bertz CT molecular complexity index is 4290. The van der Waals surface area contributed by atoms with E-state index in [0.717, 1.165) is 0 Å². The molecule has 0 amide bonds. The van der Waals surface area contributed by atoms with Gasteiger partial charge in [0.1, 0.15) is 195 Å². The van der Waals surface area contributed by atoms with Crippen LogP contribution in [0.4, 0.5) is 0 Å². The third kappa shape index (κ3) is 20.3. The van der Waals surface area contributed by atoms with Gasteiger partial charge in [0.2, 0.25) is 0 Å². The summed E-state index contributed by atoms with van der Waals surface area (Å²) >= 11 is 0. The molecule has 0 spiro atoms. The van der Waals surface area contributed by atoms with Crippen LogP contribution in [0.5, 0.6) is 0 Å². The Morgan fingerprint density at radius 3 is 0.484 bits per heavy atom. The second kappa shape index (κ2) is 40.2. The maximum absolute atomic E-state index is 14.3. The largest absolute Gasteiger partial charge is 0.394 e. The molecule has 124 heavy (non-hydrogen) atoms. The first-order valence-electron chi connectivity index (χ1n) is 39.6. The molecule has 49 heteroatoms. The van der Waals surface area contributed by atoms with E-state index in [4.69, 9.17) is 88.3 Å². The number of hydrogen-bond acceptors (Lipinski definition) is 46. The van der Waals surface area contributed by atoms with Gasteiger partial charge in [0.05, 0.1) is 67.5 Å². The van der Waals surface area contributed by atoms with Gasteiger partial charge in [-0.15, -0.1) is 0 Å². The molecule has 0 unspecified atom stereocenters. The highest BCUT2D eigenvalue weighted by Gasteiger charge is 2.61. The fourth-order valence-corrected chi connectivity index (χ4v) is 21.2. The SMILES string of the molecule is Cc1cc(C)c(S(=O)(=O)OC[C@H]2O[C@@H]3O[C@H]4[C@H](O)[C@@H](O)[C@@H](O[C@H]5[C@H](O)[C@@H](O)[C@@H](O[C@H]6[C@H](O)[C@@H](O)[C@@H](O[C@H]7[C@H](O)[C@@H](O)[C@@H](O[C@H]8[C@H](O)[C@@H](O)[C@@H](O[C@H]9[C@H](O)[C@@H](O)[C@@H](O[C@H]%10[C@H](O)[C@@H](O)[C@@H](O[C@H]2[C@H](O)[C@H]3O)O[C@@H]%10CO)O[C@@H]9CO)O[C@@H]8COS(=O)(=O)c2c(C)cc(C)cc2C)O[C@@H]7COS(=O)(=O)c2c(C)cc(C)cc2C)O[C@@H]6CO)O[C@@H]5CO)O[C@@H]4CO)c(C)c1. The highest BCUT2D eigenvalue weighted by atomic mass is 32.2. The maximum Gasteiger partial charge on any atom is 0.297 e. The summed E-state index contributed by atoms with van der Waals surface area (Å²) in [6.07, 6.45) is -90.7. The molecule has 704 valence electrons. The number of ether oxygens (including phenoxy) is 16. The molecule has 40 atom stereocenters. The Balaban J connectivity index is 0.886. The molecule has 30 saturated heterocycles. The van der Waals surface area contributed by atoms with Crippen molar-refractivity contribution in [3.8, 4) is 0 Å². The molecule has 0 aliphatic carbocycles. The van der Waals surface area contributed by atoms with Gasteiger partial charge in [0.25, 0.3) is 30.4 Å². The molecule has 0 radical (unpaired) electrons. The van der Waals surface area contributed by atoms with Crippen molar-refractivity contribution >= 4 is 30.4 Å². The summed E-state index contributed by atoms with van der Waals surface area (Å²) < 4.78 is 198. The topological polar surface area (TPSA) is 703 Å². The highest BCUT2D eigenvalue weighted by molar-refractivity contribution is 7.87. The second-order valence-corrected chi connectivity index (χ2v) is 37.0. The standard InChI is InChI=1S/C75H110O46S3/c1-24-10-27(4)65(28(5)11-24)122(97,98)103-21-38-62-46(86)54(94)73(111-38)117-60-36(19-79)107-69(50(90)42(60)82)114-57-33(16-76)106-68(49(89)41(57)81)115-58-34(17-77)110-72(53(93)45(58)85)120-63-39(22-104-123(99,100)66-29(6)12-25(2)13-30(66)7)113-75(56(96)48(63)88)121-64-40(23-105-124(101,102)67-31(8)14-26(3)15-32(67)9)112-74(55(95)47(64)87)118-61-37(20-80)108-70(51(91)43(61)83)116-59-35(18-78)109-71(119-62)52(92)44(59)84/h10-15,33-64,68-96H,16-23H2,1-9H3/t33-,34-,35-,36-,37-,38-,39-,40-,41-,42-,43-,44-,45-,46-,47-,48-,49-,50-,51-,52-,53-,54-,55-,56-,57-,58-,59-,60-,61-,62-,63-,64-,68-,69-,70-,71-,72-,73-,74-,75-/m1/s1. The van der Waals surface area contributed by atoms with Gasteiger partial charge < -0.3 is 183 Å². The third-order valence-corrected chi connectivity index (χ3v) is 27.9. The van der Waals surface area contributed by atoms with E-state index in [9.17, 15) is 132 Å². The first-order chi connectivity index (χ1) is 58.3. The van der Waals surface area contributed by atoms with Crippen LogP contribution in [0.3, 0.4) is 0 Å². The van der Waals surface area contributed by atoms with Crippen LogP contribution in [0, 0.1) is 62.3 Å². The lowest BCUT2D eigenvalue weighted by Crippen LogP contribution is -2.69. The lowest BCUT2D eigenvalue weighted by molar-refractivity contribution is -0.403. The summed E-state index contributed by atoms with van der Waals surface area (Å²) in [5.41, 5.74) is 3.03. The number of aliphatic hydroxyl groups excluding tert-OH is 21. The summed E-state index contributed by atoms with van der Waals surface area (Å²) in [4.78, 5) is -1.04. The van der Waals surface area contributed by atoms with Gasteiger partial charge in [-0.05, 0) is 95.7 Å². The number of rotatable bonds is 17. The van der Waals surface area contributed by atoms with Crippen molar-refractivity contribution in [2.24, 2.45) is 0 Å². The van der Waals surface area contributed by atoms with E-state index in [1.165, 1.54) is 77.9 Å². The van der Waals surface area contributed by atoms with Crippen molar-refractivity contribution in [1.29, 1.82) is 0 Å². The Hall–Kier alpha value is -4.09. The summed E-state index contributed by atoms with van der Waals surface area (Å²) in [7, 11) is -14.7. The van der Waals surface area contributed by atoms with E-state index in [1.807, 2.05) is 0 Å². The Kier molecular flexibility index (Phi) is 32.0. The molecule has 30 heterocycles. The normalized spacial score (nSPS) is 43.1. The fourth-order valence-electron chi connectivity index (χ4n) is 17.2. The van der Waals surface area contributed by atoms with Crippen LogP contribution in [0.2, 0.25) is 0 Å². The summed E-state index contributed by atoms with van der Waals surface area (Å²) in [5, 5.41) is 245. The number of aliphatic hydroxyl groups is 21. The predicted octanol–water partition coefficient (Wildman–Crippen LogP) is -10.4. The van der Waals surface area contributed by atoms with E-state index in [0.29, 0.717) is 16.7 Å². The molecule has 46 nitrogen and oxygen atoms in total. The van der Waals surface area contributed by atoms with Gasteiger partial charge in [0, 0.05) is 0 Å². The average molecular weight is 1840 g/mol. The van der Waals surface area contributed by atoms with Crippen molar-refractivity contribution in [3.63, 3.8) is 0 Å². The van der Waals surface area contributed by atoms with Crippen LogP contribution in [0.25, 0.3) is 0 Å². The van der Waals surface area contributed by atoms with E-state index in [2.05, 4.69) is 0 Å². The van der Waals surface area contributed by atoms with Gasteiger partial charge in [-0.25, -0.2) is 0 Å². The van der Waals surface area contributed by atoms with Crippen molar-refractivity contribution in [2.45, 2.75) is 323 Å². The zero-order valence-electron chi connectivity index (χ0n) is 68.0. The van der Waals surface area contributed by atoms with Gasteiger partial charge in [-0.3, -0.25) is 12.5 Å². The molecule has 3 aromatic rings. The zero-order chi connectivity index (χ0) is 90.9. The van der Waals surface area contributed by atoms with Crippen LogP contribution in [-0.4, -0.2) is 431 Å². The molecule has 21 N–H and O–H groups in total. The van der Waals surface area contributed by atoms with Gasteiger partial charge in [-0.1, -0.05) is 53.1 Å². The minimum absolute atomic E-state index is 0.175. The first kappa shape index (κ1) is 98.9. The first-order valence-corrected chi connectivity index (χ1v) is 43.9. The zero-order valence-corrected chi connectivity index (χ0v) is 70.5. The van der Waals surface area contributed by atoms with Gasteiger partial charge in [0.15, 0.2) is 50.3 Å². The fraction of sp³-hybridized carbons (Fsp3) is 0.760. The quantitative estimate of drug-likeness (QED) is 0.0558. The number of benzene rings is 3. The second-order valence-electron chi connectivity index (χ2n) is 32.3. The molecule has 3 aromatic carbocycles. The average Bonchev–Trinajstić information content (AvgIpc) is 0.767. The monoisotopic (exact) mass is 1840 g/mol. The minimum Gasteiger partial charge on any atom is -0.394 e.